The summed E-state index contributed by atoms with van der Waals surface area (Å²) < 4.78 is 0. The first-order valence-corrected chi connectivity index (χ1v) is 6.83. The first-order chi connectivity index (χ1) is 9.14. The average molecular weight is 255 g/mol. The maximum atomic E-state index is 13.1. The van der Waals surface area contributed by atoms with E-state index in [1.54, 1.807) is 0 Å². The van der Waals surface area contributed by atoms with E-state index in [9.17, 15) is 4.79 Å². The zero-order valence-electron chi connectivity index (χ0n) is 11.1. The Kier molecular flexibility index (Phi) is 1.94. The Bertz CT molecular complexity index is 596. The number of anilines is 1. The third kappa shape index (κ3) is 1.03. The van der Waals surface area contributed by atoms with Crippen molar-refractivity contribution in [2.75, 3.05) is 11.7 Å². The second-order valence-corrected chi connectivity index (χ2v) is 6.06. The molecule has 2 bridgehead atoms. The van der Waals surface area contributed by atoms with Crippen molar-refractivity contribution in [3.8, 4) is 0 Å². The van der Waals surface area contributed by atoms with Crippen LogP contribution in [0.25, 0.3) is 0 Å². The van der Waals surface area contributed by atoms with Gasteiger partial charge in [-0.05, 0) is 31.4 Å². The number of hydrogen-bond donors (Lipinski definition) is 0. The molecule has 3 heteroatoms. The molecule has 0 amide bonds. The molecular weight excluding hydrogens is 238 g/mol. The summed E-state index contributed by atoms with van der Waals surface area (Å²) in [5.74, 6) is 0.591. The second-order valence-electron chi connectivity index (χ2n) is 6.06. The predicted octanol–water partition coefficient (Wildman–Crippen LogP) is 2.61. The first-order valence-electron chi connectivity index (χ1n) is 6.83. The summed E-state index contributed by atoms with van der Waals surface area (Å²) in [6, 6.07) is 8.15. The molecule has 1 aromatic carbocycles. The summed E-state index contributed by atoms with van der Waals surface area (Å²) >= 11 is 0. The normalized spacial score (nSPS) is 38.5. The minimum absolute atomic E-state index is 0.285. The third-order valence-electron chi connectivity index (χ3n) is 5.24. The molecule has 0 aromatic heterocycles. The number of allylic oxidation sites excluding steroid dienone is 1. The highest BCUT2D eigenvalue weighted by Crippen LogP contribution is 2.60. The Labute approximate surface area is 112 Å². The maximum Gasteiger partial charge on any atom is 0.171 e. The fourth-order valence-electron chi connectivity index (χ4n) is 4.30. The van der Waals surface area contributed by atoms with Crippen molar-refractivity contribution >= 4 is 11.5 Å². The highest BCUT2D eigenvalue weighted by Gasteiger charge is 2.69. The van der Waals surface area contributed by atoms with Crippen LogP contribution in [0.3, 0.4) is 0 Å². The quantitative estimate of drug-likeness (QED) is 0.761. The van der Waals surface area contributed by atoms with Crippen LogP contribution in [-0.2, 0) is 15.0 Å². The maximum absolute atomic E-state index is 13.1. The van der Waals surface area contributed by atoms with Crippen molar-refractivity contribution < 1.29 is 9.63 Å². The zero-order chi connectivity index (χ0) is 13.3. The lowest BCUT2D eigenvalue weighted by molar-refractivity contribution is -0.128. The lowest BCUT2D eigenvalue weighted by Gasteiger charge is -2.43. The number of carbonyl (C=O) groups excluding carboxylic acids is 1. The highest BCUT2D eigenvalue weighted by atomic mass is 16.7. The summed E-state index contributed by atoms with van der Waals surface area (Å²) in [5, 5.41) is 1.86. The number of benzene rings is 1. The summed E-state index contributed by atoms with van der Waals surface area (Å²) in [6.45, 7) is 6.55. The highest BCUT2D eigenvalue weighted by molar-refractivity contribution is 6.06. The molecule has 98 valence electrons. The van der Waals surface area contributed by atoms with Crippen LogP contribution < -0.4 is 5.06 Å². The molecule has 2 aliphatic heterocycles. The molecule has 0 N–H and O–H groups in total. The molecule has 0 radical (unpaired) electrons. The van der Waals surface area contributed by atoms with Crippen LogP contribution in [-0.4, -0.2) is 17.9 Å². The van der Waals surface area contributed by atoms with Crippen molar-refractivity contribution in [2.45, 2.75) is 30.7 Å². The fraction of sp³-hybridized carbons (Fsp3) is 0.438. The van der Waals surface area contributed by atoms with Gasteiger partial charge in [0.05, 0.1) is 17.7 Å². The molecule has 0 spiro atoms. The number of nitrogens with zero attached hydrogens (tertiary/aromatic N) is 1. The van der Waals surface area contributed by atoms with Crippen molar-refractivity contribution in [2.24, 2.45) is 5.92 Å². The molecule has 1 saturated heterocycles. The van der Waals surface area contributed by atoms with Gasteiger partial charge in [0.25, 0.3) is 0 Å². The van der Waals surface area contributed by atoms with E-state index in [4.69, 9.17) is 4.84 Å². The summed E-state index contributed by atoms with van der Waals surface area (Å²) in [6.07, 6.45) is 3.49. The molecule has 1 aromatic rings. The van der Waals surface area contributed by atoms with Crippen LogP contribution in [0.2, 0.25) is 0 Å². The number of carbonyl (C=O) groups is 1. The van der Waals surface area contributed by atoms with Crippen LogP contribution in [0, 0.1) is 5.92 Å². The van der Waals surface area contributed by atoms with Gasteiger partial charge in [-0.15, -0.1) is 6.58 Å². The number of ketones is 1. The summed E-state index contributed by atoms with van der Waals surface area (Å²) in [5.41, 5.74) is 1.31. The molecule has 3 aliphatic rings. The van der Waals surface area contributed by atoms with E-state index in [1.807, 2.05) is 30.2 Å². The largest absolute Gasteiger partial charge is 0.296 e. The van der Waals surface area contributed by atoms with Crippen LogP contribution >= 0.6 is 0 Å². The number of Topliss-reactive ketones (excluding diaryl/α,β-unsaturated/α-hetero) is 1. The standard InChI is InChI=1S/C16H17NO2/c1-3-8-16-9-11-10-19-17(15(11,2)14(16)18)13-7-5-4-6-12(13)16/h3-7,11H,1,8-10H2,2H3/t11?,15-,16-/m1/s1. The van der Waals surface area contributed by atoms with Crippen molar-refractivity contribution in [1.29, 1.82) is 0 Å². The molecule has 1 unspecified atom stereocenters. The van der Waals surface area contributed by atoms with Crippen LogP contribution in [0.5, 0.6) is 0 Å². The summed E-state index contributed by atoms with van der Waals surface area (Å²) in [7, 11) is 0. The monoisotopic (exact) mass is 255 g/mol. The van der Waals surface area contributed by atoms with E-state index in [1.165, 1.54) is 0 Å². The molecule has 1 aliphatic carbocycles. The van der Waals surface area contributed by atoms with Gasteiger partial charge < -0.3 is 0 Å². The molecule has 19 heavy (non-hydrogen) atoms. The van der Waals surface area contributed by atoms with E-state index in [-0.39, 0.29) is 11.3 Å². The number of hydrogen-bond acceptors (Lipinski definition) is 3. The third-order valence-corrected chi connectivity index (χ3v) is 5.24. The lowest BCUT2D eigenvalue weighted by atomic mass is 9.70. The van der Waals surface area contributed by atoms with Crippen LogP contribution in [0.1, 0.15) is 25.3 Å². The van der Waals surface area contributed by atoms with E-state index in [2.05, 4.69) is 18.7 Å². The van der Waals surface area contributed by atoms with Gasteiger partial charge >= 0.3 is 0 Å². The molecule has 4 rings (SSSR count). The van der Waals surface area contributed by atoms with Gasteiger partial charge in [-0.3, -0.25) is 9.63 Å². The van der Waals surface area contributed by atoms with Crippen LogP contribution in [0.4, 0.5) is 5.69 Å². The Morgan fingerprint density at radius 1 is 1.53 bits per heavy atom. The van der Waals surface area contributed by atoms with Gasteiger partial charge in [0.15, 0.2) is 5.78 Å². The van der Waals surface area contributed by atoms with Gasteiger partial charge in [-0.25, -0.2) is 5.06 Å². The molecule has 2 fully saturated rings. The van der Waals surface area contributed by atoms with Crippen molar-refractivity contribution in [3.05, 3.63) is 42.5 Å². The zero-order valence-corrected chi connectivity index (χ0v) is 11.1. The molecule has 3 nitrogen and oxygen atoms in total. The minimum atomic E-state index is -0.489. The topological polar surface area (TPSA) is 29.5 Å². The minimum Gasteiger partial charge on any atom is -0.296 e. The number of hydroxylamine groups is 1. The predicted molar refractivity (Wildman–Crippen MR) is 72.9 cm³/mol. The number of para-hydroxylation sites is 1. The SMILES string of the molecule is C=CC[C@@]12CC3CON(c4ccccc41)[C@@]3(C)C2=O. The van der Waals surface area contributed by atoms with Crippen molar-refractivity contribution in [1.82, 2.24) is 0 Å². The van der Waals surface area contributed by atoms with E-state index in [0.717, 1.165) is 24.1 Å². The Morgan fingerprint density at radius 2 is 2.32 bits per heavy atom. The van der Waals surface area contributed by atoms with E-state index < -0.39 is 5.54 Å². The van der Waals surface area contributed by atoms with E-state index >= 15 is 0 Å². The summed E-state index contributed by atoms with van der Waals surface area (Å²) in [4.78, 5) is 18.9. The molecular formula is C16H17NO2. The van der Waals surface area contributed by atoms with Crippen LogP contribution in [0.15, 0.2) is 36.9 Å². The van der Waals surface area contributed by atoms with Gasteiger partial charge in [0.1, 0.15) is 5.54 Å². The molecule has 2 heterocycles. The van der Waals surface area contributed by atoms with Gasteiger partial charge in [0, 0.05) is 5.92 Å². The van der Waals surface area contributed by atoms with Crippen molar-refractivity contribution in [3.63, 3.8) is 0 Å². The first kappa shape index (κ1) is 11.2. The van der Waals surface area contributed by atoms with Gasteiger partial charge in [-0.1, -0.05) is 24.3 Å². The van der Waals surface area contributed by atoms with Gasteiger partial charge in [0.2, 0.25) is 0 Å². The number of rotatable bonds is 2. The van der Waals surface area contributed by atoms with E-state index in [0.29, 0.717) is 12.4 Å². The Balaban J connectivity index is 2.05. The Hall–Kier alpha value is -1.61. The second kappa shape index (κ2) is 3.28. The fourth-order valence-corrected chi connectivity index (χ4v) is 4.30. The lowest BCUT2D eigenvalue weighted by Crippen LogP contribution is -2.56. The molecule has 1 saturated carbocycles. The molecule has 3 atom stereocenters. The number of fused-ring (bicyclic) bond motifs is 4. The Morgan fingerprint density at radius 3 is 3.11 bits per heavy atom. The van der Waals surface area contributed by atoms with Gasteiger partial charge in [-0.2, -0.15) is 0 Å². The smallest absolute Gasteiger partial charge is 0.171 e. The average Bonchev–Trinajstić information content (AvgIpc) is 2.80.